The molecule has 0 fully saturated rings. The average molecular weight is 421 g/mol. The number of anilines is 1. The van der Waals surface area contributed by atoms with Gasteiger partial charge in [-0.15, -0.1) is 0 Å². The Morgan fingerprint density at radius 2 is 1.97 bits per heavy atom. The van der Waals surface area contributed by atoms with E-state index in [1.807, 2.05) is 0 Å². The van der Waals surface area contributed by atoms with Crippen molar-refractivity contribution >= 4 is 23.1 Å². The van der Waals surface area contributed by atoms with Crippen molar-refractivity contribution in [2.24, 2.45) is 0 Å². The third-order valence-electron chi connectivity index (χ3n) is 4.56. The standard InChI is InChI=1S/C18H12ClF3N6O/c19-15-9-14(18(20,21)22)26(17-4-6-24-28(15)17)10-11-8-12(13-2-1-7-29-13)25-16-3-5-23-27(11)16/h1-9,15H,10H2. The number of hydrogen-bond acceptors (Lipinski definition) is 5. The number of nitrogens with zero attached hydrogens (tertiary/aromatic N) is 6. The predicted octanol–water partition coefficient (Wildman–Crippen LogP) is 4.39. The van der Waals surface area contributed by atoms with E-state index in [9.17, 15) is 13.2 Å². The molecule has 1 aliphatic rings. The van der Waals surface area contributed by atoms with E-state index < -0.39 is 17.4 Å². The molecular formula is C18H12ClF3N6O. The van der Waals surface area contributed by atoms with Gasteiger partial charge in [-0.1, -0.05) is 11.6 Å². The molecule has 1 atom stereocenters. The summed E-state index contributed by atoms with van der Waals surface area (Å²) in [6, 6.07) is 8.26. The van der Waals surface area contributed by atoms with Crippen molar-refractivity contribution in [1.29, 1.82) is 0 Å². The molecule has 148 valence electrons. The van der Waals surface area contributed by atoms with Crippen molar-refractivity contribution in [1.82, 2.24) is 24.4 Å². The highest BCUT2D eigenvalue weighted by Crippen LogP contribution is 2.40. The van der Waals surface area contributed by atoms with Gasteiger partial charge in [0.25, 0.3) is 0 Å². The summed E-state index contributed by atoms with van der Waals surface area (Å²) < 4.78 is 49.5. The molecule has 1 unspecified atom stereocenters. The van der Waals surface area contributed by atoms with Crippen molar-refractivity contribution in [2.75, 3.05) is 4.90 Å². The van der Waals surface area contributed by atoms with Crippen LogP contribution in [0.25, 0.3) is 17.1 Å². The Bertz CT molecular complexity index is 1210. The molecular weight excluding hydrogens is 409 g/mol. The molecule has 0 aliphatic carbocycles. The Morgan fingerprint density at radius 3 is 2.72 bits per heavy atom. The first-order valence-corrected chi connectivity index (χ1v) is 8.97. The van der Waals surface area contributed by atoms with Crippen LogP contribution >= 0.6 is 11.6 Å². The van der Waals surface area contributed by atoms with Crippen molar-refractivity contribution in [3.8, 4) is 11.5 Å². The Hall–Kier alpha value is -3.27. The van der Waals surface area contributed by atoms with Crippen molar-refractivity contribution < 1.29 is 17.6 Å². The van der Waals surface area contributed by atoms with Gasteiger partial charge >= 0.3 is 6.18 Å². The molecule has 0 amide bonds. The number of fused-ring (bicyclic) bond motifs is 2. The Labute approximate surface area is 166 Å². The van der Waals surface area contributed by atoms with Gasteiger partial charge < -0.3 is 9.32 Å². The van der Waals surface area contributed by atoms with Crippen LogP contribution in [0.4, 0.5) is 19.0 Å². The van der Waals surface area contributed by atoms with Crippen molar-refractivity contribution in [2.45, 2.75) is 18.2 Å². The normalized spacial score (nSPS) is 16.9. The monoisotopic (exact) mass is 420 g/mol. The lowest BCUT2D eigenvalue weighted by molar-refractivity contribution is -0.0944. The number of allylic oxidation sites excluding steroid dienone is 2. The molecule has 4 aromatic rings. The summed E-state index contributed by atoms with van der Waals surface area (Å²) in [5.74, 6) is 0.738. The lowest BCUT2D eigenvalue weighted by atomic mass is 10.2. The van der Waals surface area contributed by atoms with E-state index in [0.717, 1.165) is 11.0 Å². The van der Waals surface area contributed by atoms with E-state index in [4.69, 9.17) is 16.0 Å². The van der Waals surface area contributed by atoms with Gasteiger partial charge in [0.1, 0.15) is 22.7 Å². The van der Waals surface area contributed by atoms with E-state index in [1.165, 1.54) is 33.9 Å². The SMILES string of the molecule is FC(F)(F)C1=CC(Cl)n2nccc2N1Cc1cc(-c2ccco2)nc2ccnn12. The van der Waals surface area contributed by atoms with Gasteiger partial charge in [-0.25, -0.2) is 14.2 Å². The summed E-state index contributed by atoms with van der Waals surface area (Å²) in [7, 11) is 0. The van der Waals surface area contributed by atoms with Crippen LogP contribution in [-0.2, 0) is 6.54 Å². The first-order valence-electron chi connectivity index (χ1n) is 8.53. The summed E-state index contributed by atoms with van der Waals surface area (Å²) in [4.78, 5) is 5.58. The molecule has 0 saturated heterocycles. The van der Waals surface area contributed by atoms with E-state index >= 15 is 0 Å². The van der Waals surface area contributed by atoms with Crippen LogP contribution in [0.5, 0.6) is 0 Å². The maximum atomic E-state index is 13.8. The third-order valence-corrected chi connectivity index (χ3v) is 4.87. The van der Waals surface area contributed by atoms with Gasteiger partial charge in [0.2, 0.25) is 0 Å². The van der Waals surface area contributed by atoms with Gasteiger partial charge in [-0.2, -0.15) is 23.4 Å². The maximum Gasteiger partial charge on any atom is 0.431 e. The van der Waals surface area contributed by atoms with E-state index in [2.05, 4.69) is 15.2 Å². The van der Waals surface area contributed by atoms with E-state index in [-0.39, 0.29) is 12.4 Å². The Kier molecular flexibility index (Phi) is 3.91. The quantitative estimate of drug-likeness (QED) is 0.460. The highest BCUT2D eigenvalue weighted by atomic mass is 35.5. The van der Waals surface area contributed by atoms with Crippen LogP contribution in [0.2, 0.25) is 0 Å². The van der Waals surface area contributed by atoms with Gasteiger partial charge in [0.05, 0.1) is 30.9 Å². The summed E-state index contributed by atoms with van der Waals surface area (Å²) in [6.07, 6.45) is 0.799. The second kappa shape index (κ2) is 6.38. The second-order valence-corrected chi connectivity index (χ2v) is 6.80. The number of rotatable bonds is 3. The zero-order chi connectivity index (χ0) is 20.2. The molecule has 1 aliphatic heterocycles. The molecule has 0 spiro atoms. The highest BCUT2D eigenvalue weighted by Gasteiger charge is 2.42. The van der Waals surface area contributed by atoms with Gasteiger partial charge in [-0.05, 0) is 24.3 Å². The fourth-order valence-electron chi connectivity index (χ4n) is 3.34. The molecule has 0 aromatic carbocycles. The number of hydrogen-bond donors (Lipinski definition) is 0. The lowest BCUT2D eigenvalue weighted by Crippen LogP contribution is -2.37. The summed E-state index contributed by atoms with van der Waals surface area (Å²) in [5, 5.41) is 8.24. The molecule has 5 heterocycles. The van der Waals surface area contributed by atoms with Gasteiger partial charge in [0, 0.05) is 12.1 Å². The fraction of sp³-hybridized carbons (Fsp3) is 0.167. The molecule has 0 radical (unpaired) electrons. The number of aromatic nitrogens is 5. The van der Waals surface area contributed by atoms with Crippen molar-refractivity contribution in [3.05, 3.63) is 66.5 Å². The zero-order valence-electron chi connectivity index (χ0n) is 14.6. The summed E-state index contributed by atoms with van der Waals surface area (Å²) >= 11 is 6.09. The number of halogens is 4. The Balaban J connectivity index is 1.64. The van der Waals surface area contributed by atoms with Crippen LogP contribution < -0.4 is 4.90 Å². The minimum atomic E-state index is -4.59. The molecule has 0 bridgehead atoms. The summed E-state index contributed by atoms with van der Waals surface area (Å²) in [5.41, 5.74) is -0.415. The molecule has 29 heavy (non-hydrogen) atoms. The molecule has 5 rings (SSSR count). The topological polar surface area (TPSA) is 64.4 Å². The summed E-state index contributed by atoms with van der Waals surface area (Å²) in [6.45, 7) is -0.130. The van der Waals surface area contributed by atoms with Crippen LogP contribution in [0.1, 0.15) is 11.2 Å². The van der Waals surface area contributed by atoms with Crippen LogP contribution in [-0.4, -0.2) is 30.6 Å². The smallest absolute Gasteiger partial charge is 0.431 e. The lowest BCUT2D eigenvalue weighted by Gasteiger charge is -2.33. The fourth-order valence-corrected chi connectivity index (χ4v) is 3.61. The average Bonchev–Trinajstić information content (AvgIpc) is 3.43. The maximum absolute atomic E-state index is 13.8. The third kappa shape index (κ3) is 2.96. The van der Waals surface area contributed by atoms with E-state index in [0.29, 0.717) is 22.8 Å². The Morgan fingerprint density at radius 1 is 1.14 bits per heavy atom. The van der Waals surface area contributed by atoms with Gasteiger partial charge in [0.15, 0.2) is 11.4 Å². The first kappa shape index (κ1) is 17.8. The van der Waals surface area contributed by atoms with Crippen LogP contribution in [0.3, 0.4) is 0 Å². The number of furan rings is 1. The molecule has 7 nitrogen and oxygen atoms in total. The predicted molar refractivity (Wildman–Crippen MR) is 98.1 cm³/mol. The van der Waals surface area contributed by atoms with Crippen molar-refractivity contribution in [3.63, 3.8) is 0 Å². The van der Waals surface area contributed by atoms with E-state index in [1.54, 1.807) is 24.3 Å². The second-order valence-electron chi connectivity index (χ2n) is 6.35. The van der Waals surface area contributed by atoms with Crippen LogP contribution in [0.15, 0.2) is 65.2 Å². The highest BCUT2D eigenvalue weighted by molar-refractivity contribution is 6.20. The molecule has 11 heteroatoms. The minimum absolute atomic E-state index is 0.130. The molecule has 0 N–H and O–H groups in total. The minimum Gasteiger partial charge on any atom is -0.463 e. The number of alkyl halides is 4. The first-order chi connectivity index (χ1) is 13.9. The molecule has 4 aromatic heterocycles. The molecule has 0 saturated carbocycles. The zero-order valence-corrected chi connectivity index (χ0v) is 15.3. The largest absolute Gasteiger partial charge is 0.463 e. The van der Waals surface area contributed by atoms with Gasteiger partial charge in [-0.3, -0.25) is 0 Å². The van der Waals surface area contributed by atoms with Crippen LogP contribution in [0, 0.1) is 0 Å².